The summed E-state index contributed by atoms with van der Waals surface area (Å²) < 4.78 is 5.85. The van der Waals surface area contributed by atoms with Crippen LogP contribution in [0.5, 0.6) is 6.01 Å². The monoisotopic (exact) mass is 275 g/mol. The number of nitrogens with zero attached hydrogens (tertiary/aromatic N) is 3. The van der Waals surface area contributed by atoms with E-state index in [-0.39, 0.29) is 11.3 Å². The maximum atomic E-state index is 5.83. The third-order valence-corrected chi connectivity index (χ3v) is 3.05. The van der Waals surface area contributed by atoms with Crippen LogP contribution in [-0.4, -0.2) is 21.6 Å². The lowest BCUT2D eigenvalue weighted by molar-refractivity contribution is 0.312. The number of rotatable bonds is 3. The van der Waals surface area contributed by atoms with E-state index in [2.05, 4.69) is 15.0 Å². The molecule has 0 spiro atoms. The molecule has 2 rings (SSSR count). The fourth-order valence-corrected chi connectivity index (χ4v) is 2.20. The molecule has 0 amide bonds. The highest BCUT2D eigenvalue weighted by Crippen LogP contribution is 2.29. The van der Waals surface area contributed by atoms with E-state index in [1.807, 2.05) is 13.0 Å². The van der Waals surface area contributed by atoms with Crippen molar-refractivity contribution in [3.05, 3.63) is 21.8 Å². The molecule has 0 radical (unpaired) electrons. The van der Waals surface area contributed by atoms with E-state index in [1.54, 1.807) is 6.07 Å². The minimum absolute atomic E-state index is 0.109. The Morgan fingerprint density at radius 3 is 2.69 bits per heavy atom. The first kappa shape index (κ1) is 11.6. The van der Waals surface area contributed by atoms with Gasteiger partial charge >= 0.3 is 6.01 Å². The molecule has 0 atom stereocenters. The number of hydrogen-bond acceptors (Lipinski definition) is 5. The predicted molar refractivity (Wildman–Crippen MR) is 64.3 cm³/mol. The molecule has 0 bridgehead atoms. The second-order valence-electron chi connectivity index (χ2n) is 2.75. The lowest BCUT2D eigenvalue weighted by atomic mass is 10.4. The quantitative estimate of drug-likeness (QED) is 0.862. The number of aromatic nitrogens is 3. The maximum absolute atomic E-state index is 5.83. The van der Waals surface area contributed by atoms with Crippen molar-refractivity contribution in [2.45, 2.75) is 6.92 Å². The maximum Gasteiger partial charge on any atom is 0.321 e. The number of hydrogen-bond donors (Lipinski definition) is 0. The van der Waals surface area contributed by atoms with Crippen LogP contribution in [0.4, 0.5) is 0 Å². The summed E-state index contributed by atoms with van der Waals surface area (Å²) in [5.74, 6) is 0.473. The van der Waals surface area contributed by atoms with Gasteiger partial charge in [0, 0.05) is 0 Å². The summed E-state index contributed by atoms with van der Waals surface area (Å²) in [7, 11) is 0. The molecule has 0 aliphatic carbocycles. The Bertz CT molecular complexity index is 503. The molecule has 2 heterocycles. The van der Waals surface area contributed by atoms with Crippen molar-refractivity contribution in [3.63, 3.8) is 0 Å². The molecule has 0 fully saturated rings. The SMILES string of the molecule is CCOc1nc(Cl)nc(-c2ccc(Cl)s2)n1. The van der Waals surface area contributed by atoms with Gasteiger partial charge in [-0.25, -0.2) is 0 Å². The Kier molecular flexibility index (Phi) is 3.58. The standard InChI is InChI=1S/C9H7Cl2N3OS/c1-2-15-9-13-7(12-8(11)14-9)5-3-4-6(10)16-5/h3-4H,2H2,1H3. The molecule has 0 aliphatic heterocycles. The number of thiophene rings is 1. The van der Waals surface area contributed by atoms with Crippen LogP contribution in [0.15, 0.2) is 12.1 Å². The van der Waals surface area contributed by atoms with Crippen LogP contribution in [-0.2, 0) is 0 Å². The highest BCUT2D eigenvalue weighted by molar-refractivity contribution is 7.19. The molecular formula is C9H7Cl2N3OS. The summed E-state index contributed by atoms with van der Waals surface area (Å²) in [5.41, 5.74) is 0. The van der Waals surface area contributed by atoms with Crippen LogP contribution in [0, 0.1) is 0 Å². The fraction of sp³-hybridized carbons (Fsp3) is 0.222. The zero-order valence-electron chi connectivity index (χ0n) is 8.28. The molecule has 0 saturated carbocycles. The van der Waals surface area contributed by atoms with Crippen molar-refractivity contribution in [3.8, 4) is 16.7 Å². The van der Waals surface area contributed by atoms with Gasteiger partial charge in [0.1, 0.15) is 0 Å². The Balaban J connectivity index is 2.40. The second kappa shape index (κ2) is 4.95. The van der Waals surface area contributed by atoms with Gasteiger partial charge in [0.05, 0.1) is 15.8 Å². The minimum Gasteiger partial charge on any atom is -0.464 e. The van der Waals surface area contributed by atoms with E-state index in [4.69, 9.17) is 27.9 Å². The summed E-state index contributed by atoms with van der Waals surface area (Å²) in [4.78, 5) is 12.8. The van der Waals surface area contributed by atoms with Gasteiger partial charge in [-0.1, -0.05) is 11.6 Å². The molecule has 0 N–H and O–H groups in total. The first-order chi connectivity index (χ1) is 7.69. The van der Waals surface area contributed by atoms with Crippen LogP contribution in [0.3, 0.4) is 0 Å². The van der Waals surface area contributed by atoms with Gasteiger partial charge < -0.3 is 4.74 Å². The molecule has 2 aromatic rings. The van der Waals surface area contributed by atoms with E-state index in [0.717, 1.165) is 4.88 Å². The molecule has 4 nitrogen and oxygen atoms in total. The lowest BCUT2D eigenvalue weighted by Gasteiger charge is -2.02. The van der Waals surface area contributed by atoms with E-state index in [9.17, 15) is 0 Å². The van der Waals surface area contributed by atoms with Crippen LogP contribution in [0.25, 0.3) is 10.7 Å². The largest absolute Gasteiger partial charge is 0.464 e. The van der Waals surface area contributed by atoms with E-state index in [0.29, 0.717) is 16.8 Å². The van der Waals surface area contributed by atoms with Crippen molar-refractivity contribution < 1.29 is 4.74 Å². The van der Waals surface area contributed by atoms with Gasteiger partial charge in [-0.15, -0.1) is 11.3 Å². The molecule has 84 valence electrons. The highest BCUT2D eigenvalue weighted by atomic mass is 35.5. The van der Waals surface area contributed by atoms with Crippen molar-refractivity contribution >= 4 is 34.5 Å². The van der Waals surface area contributed by atoms with Crippen molar-refractivity contribution in [2.24, 2.45) is 0 Å². The highest BCUT2D eigenvalue weighted by Gasteiger charge is 2.09. The fourth-order valence-electron chi connectivity index (χ4n) is 1.07. The first-order valence-corrected chi connectivity index (χ1v) is 6.06. The molecular weight excluding hydrogens is 269 g/mol. The number of ether oxygens (including phenoxy) is 1. The van der Waals surface area contributed by atoms with Crippen LogP contribution >= 0.6 is 34.5 Å². The van der Waals surface area contributed by atoms with E-state index < -0.39 is 0 Å². The van der Waals surface area contributed by atoms with Gasteiger partial charge in [-0.05, 0) is 30.7 Å². The number of halogens is 2. The third-order valence-electron chi connectivity index (χ3n) is 1.65. The molecule has 0 saturated heterocycles. The zero-order chi connectivity index (χ0) is 11.5. The van der Waals surface area contributed by atoms with Gasteiger partial charge in [0.25, 0.3) is 0 Å². The van der Waals surface area contributed by atoms with Crippen molar-refractivity contribution in [1.29, 1.82) is 0 Å². The topological polar surface area (TPSA) is 47.9 Å². The minimum atomic E-state index is 0.109. The molecule has 2 aromatic heterocycles. The molecule has 0 unspecified atom stereocenters. The van der Waals surface area contributed by atoms with Crippen LogP contribution in [0.1, 0.15) is 6.92 Å². The Labute approximate surface area is 106 Å². The average molecular weight is 276 g/mol. The summed E-state index contributed by atoms with van der Waals surface area (Å²) in [6.45, 7) is 2.32. The van der Waals surface area contributed by atoms with Gasteiger partial charge in [-0.2, -0.15) is 15.0 Å². The zero-order valence-corrected chi connectivity index (χ0v) is 10.6. The smallest absolute Gasteiger partial charge is 0.321 e. The second-order valence-corrected chi connectivity index (χ2v) is 4.80. The summed E-state index contributed by atoms with van der Waals surface area (Å²) in [6, 6.07) is 3.83. The van der Waals surface area contributed by atoms with Crippen molar-refractivity contribution in [1.82, 2.24) is 15.0 Å². The summed E-state index contributed by atoms with van der Waals surface area (Å²) >= 11 is 13.0. The Morgan fingerprint density at radius 2 is 2.06 bits per heavy atom. The van der Waals surface area contributed by atoms with Crippen molar-refractivity contribution in [2.75, 3.05) is 6.61 Å². The normalized spacial score (nSPS) is 10.4. The summed E-state index contributed by atoms with van der Waals surface area (Å²) in [5, 5.41) is 0.109. The predicted octanol–water partition coefficient (Wildman–Crippen LogP) is 3.31. The van der Waals surface area contributed by atoms with Gasteiger partial charge in [0.15, 0.2) is 5.82 Å². The lowest BCUT2D eigenvalue weighted by Crippen LogP contribution is -2.00. The molecule has 0 aliphatic rings. The van der Waals surface area contributed by atoms with Crippen LogP contribution in [0.2, 0.25) is 9.62 Å². The molecule has 0 aromatic carbocycles. The van der Waals surface area contributed by atoms with E-state index >= 15 is 0 Å². The Hall–Kier alpha value is -0.910. The third kappa shape index (κ3) is 2.61. The summed E-state index contributed by atoms with van der Waals surface area (Å²) in [6.07, 6.45) is 0. The van der Waals surface area contributed by atoms with Gasteiger partial charge in [-0.3, -0.25) is 0 Å². The molecule has 7 heteroatoms. The Morgan fingerprint density at radius 1 is 1.25 bits per heavy atom. The van der Waals surface area contributed by atoms with Crippen LogP contribution < -0.4 is 4.74 Å². The van der Waals surface area contributed by atoms with Gasteiger partial charge in [0.2, 0.25) is 5.28 Å². The first-order valence-electron chi connectivity index (χ1n) is 4.49. The average Bonchev–Trinajstić information content (AvgIpc) is 2.64. The molecule has 16 heavy (non-hydrogen) atoms. The van der Waals surface area contributed by atoms with E-state index in [1.165, 1.54) is 11.3 Å².